The van der Waals surface area contributed by atoms with Gasteiger partial charge < -0.3 is 30.9 Å². The van der Waals surface area contributed by atoms with Crippen molar-refractivity contribution in [2.45, 2.75) is 162 Å². The molecular formula is C50H73N3O10. The summed E-state index contributed by atoms with van der Waals surface area (Å²) in [4.78, 5) is 95.2. The first-order chi connectivity index (χ1) is 30.1. The summed E-state index contributed by atoms with van der Waals surface area (Å²) in [5, 5.41) is 25.0. The van der Waals surface area contributed by atoms with Gasteiger partial charge in [0.2, 0.25) is 11.8 Å². The van der Waals surface area contributed by atoms with Gasteiger partial charge in [-0.25, -0.2) is 0 Å². The number of ether oxygens (including phenoxy) is 1. The number of carbonyl (C=O) groups excluding carboxylic acids is 7. The molecule has 0 saturated carbocycles. The quantitative estimate of drug-likeness (QED) is 0.0525. The van der Waals surface area contributed by atoms with Crippen LogP contribution in [0.3, 0.4) is 0 Å². The number of rotatable bonds is 26. The third kappa shape index (κ3) is 17.3. The highest BCUT2D eigenvalue weighted by Gasteiger charge is 2.36. The minimum absolute atomic E-state index is 0.0115. The summed E-state index contributed by atoms with van der Waals surface area (Å²) in [6, 6.07) is 6.63. The van der Waals surface area contributed by atoms with Gasteiger partial charge in [0.25, 0.3) is 0 Å². The van der Waals surface area contributed by atoms with E-state index in [1.165, 1.54) is 95.0 Å². The fourth-order valence-corrected chi connectivity index (χ4v) is 8.29. The van der Waals surface area contributed by atoms with E-state index in [1.807, 2.05) is 0 Å². The number of unbranched alkanes of at least 4 members (excludes halogenated alkanes) is 11. The number of benzene rings is 2. The van der Waals surface area contributed by atoms with Gasteiger partial charge >= 0.3 is 5.97 Å². The number of amides is 2. The van der Waals surface area contributed by atoms with E-state index in [-0.39, 0.29) is 54.1 Å². The van der Waals surface area contributed by atoms with Crippen molar-refractivity contribution in [3.05, 3.63) is 47.5 Å². The van der Waals surface area contributed by atoms with Crippen molar-refractivity contribution in [1.29, 1.82) is 0 Å². The number of carbonyl (C=O) groups is 7. The highest BCUT2D eigenvalue weighted by atomic mass is 16.5. The zero-order chi connectivity index (χ0) is 46.5. The fourth-order valence-electron chi connectivity index (χ4n) is 8.29. The maximum absolute atomic E-state index is 14.5. The van der Waals surface area contributed by atoms with E-state index in [2.05, 4.69) is 12.2 Å². The third-order valence-electron chi connectivity index (χ3n) is 12.2. The predicted octanol–water partition coefficient (Wildman–Crippen LogP) is 8.03. The van der Waals surface area contributed by atoms with E-state index in [1.54, 1.807) is 19.1 Å². The fraction of sp³-hybridized carbons (Fsp3) is 0.620. The second-order valence-corrected chi connectivity index (χ2v) is 17.6. The second kappa shape index (κ2) is 27.3. The van der Waals surface area contributed by atoms with Crippen LogP contribution in [0.5, 0.6) is 11.5 Å². The summed E-state index contributed by atoms with van der Waals surface area (Å²) < 4.78 is 4.82. The average molecular weight is 876 g/mol. The first-order valence-electron chi connectivity index (χ1n) is 23.2. The minimum atomic E-state index is -1.24. The van der Waals surface area contributed by atoms with Crippen molar-refractivity contribution in [2.24, 2.45) is 23.5 Å². The second-order valence-electron chi connectivity index (χ2n) is 17.6. The summed E-state index contributed by atoms with van der Waals surface area (Å²) in [6.07, 6.45) is 14.2. The number of nitrogens with one attached hydrogen (secondary N) is 1. The SMILES string of the molecule is CCCCCCCCCCCCCC(=O)C[C@@H](CCCCN)C(=O)N(C)[C@@H]1C(=O)C[C@@H](C)C(=O)N[C@H](C(=O)C[C@@H](C)C(=O)COC(C)=O)Cc2ccc(O)c(c2)-c2cc1ccc2O. The van der Waals surface area contributed by atoms with E-state index in [0.29, 0.717) is 43.4 Å². The van der Waals surface area contributed by atoms with Crippen LogP contribution in [0.15, 0.2) is 36.4 Å². The van der Waals surface area contributed by atoms with Crippen LogP contribution in [-0.4, -0.2) is 82.3 Å². The first-order valence-corrected chi connectivity index (χ1v) is 23.2. The number of fused-ring (bicyclic) bond motifs is 5. The van der Waals surface area contributed by atoms with Crippen molar-refractivity contribution < 1.29 is 48.5 Å². The molecule has 1 aliphatic heterocycles. The predicted molar refractivity (Wildman–Crippen MR) is 243 cm³/mol. The maximum Gasteiger partial charge on any atom is 0.303 e. The van der Waals surface area contributed by atoms with E-state index in [0.717, 1.165) is 25.7 Å². The van der Waals surface area contributed by atoms with Crippen LogP contribution in [0, 0.1) is 17.8 Å². The van der Waals surface area contributed by atoms with Gasteiger partial charge in [0.05, 0.1) is 6.04 Å². The molecule has 0 spiro atoms. The number of ketones is 4. The van der Waals surface area contributed by atoms with Gasteiger partial charge in [0, 0.05) is 68.5 Å². The summed E-state index contributed by atoms with van der Waals surface area (Å²) in [5.74, 6) is -5.98. The number of nitrogens with zero attached hydrogens (tertiary/aromatic N) is 1. The minimum Gasteiger partial charge on any atom is -0.507 e. The Balaban J connectivity index is 1.88. The molecule has 1 heterocycles. The maximum atomic E-state index is 14.5. The molecular weight excluding hydrogens is 803 g/mol. The van der Waals surface area contributed by atoms with Gasteiger partial charge in [-0.15, -0.1) is 0 Å². The molecule has 13 heteroatoms. The standard InChI is InChI=1S/C50H73N3O10/c1-6-7-8-9-10-11-12-13-14-15-16-20-39(55)30-38(19-17-18-25-51)50(62)53(5)48-37-22-24-44(57)41(31-37)40-28-36(21-23-43(40)56)29-42(52-49(61)34(3)27-46(48)59)45(58)26-33(2)47(60)32-63-35(4)54/h21-24,28,31,33-34,38,42,48,56-57H,6-20,25-27,29-30,32,51H2,1-5H3,(H,52,61)/t33-,34-,38-,42+,48+/m1/s1. The Bertz CT molecular complexity index is 1860. The lowest BCUT2D eigenvalue weighted by Gasteiger charge is -2.32. The molecule has 2 aromatic carbocycles. The molecule has 3 rings (SSSR count). The number of phenolic OH excluding ortho intramolecular Hbond substituents is 2. The normalized spacial score (nSPS) is 17.5. The molecule has 2 aromatic rings. The zero-order valence-corrected chi connectivity index (χ0v) is 38.4. The zero-order valence-electron chi connectivity index (χ0n) is 38.4. The lowest BCUT2D eigenvalue weighted by Crippen LogP contribution is -2.46. The Kier molecular flexibility index (Phi) is 22.7. The van der Waals surface area contributed by atoms with Gasteiger partial charge in [0.1, 0.15) is 29.9 Å². The van der Waals surface area contributed by atoms with Crippen LogP contribution in [-0.2, 0) is 44.7 Å². The Morgan fingerprint density at radius 3 is 2.05 bits per heavy atom. The number of phenols is 2. The van der Waals surface area contributed by atoms with Crippen LogP contribution >= 0.6 is 0 Å². The van der Waals surface area contributed by atoms with Crippen molar-refractivity contribution in [1.82, 2.24) is 10.2 Å². The molecule has 0 radical (unpaired) electrons. The monoisotopic (exact) mass is 876 g/mol. The highest BCUT2D eigenvalue weighted by molar-refractivity contribution is 5.97. The third-order valence-corrected chi connectivity index (χ3v) is 12.2. The van der Waals surface area contributed by atoms with Crippen LogP contribution in [0.4, 0.5) is 0 Å². The highest BCUT2D eigenvalue weighted by Crippen LogP contribution is 2.39. The van der Waals surface area contributed by atoms with Crippen LogP contribution in [0.1, 0.15) is 160 Å². The van der Waals surface area contributed by atoms with Crippen LogP contribution < -0.4 is 11.1 Å². The molecule has 5 N–H and O–H groups in total. The Labute approximate surface area is 374 Å². The molecule has 5 atom stereocenters. The van der Waals surface area contributed by atoms with Crippen LogP contribution in [0.25, 0.3) is 11.1 Å². The number of nitrogens with two attached hydrogens (primary N) is 1. The van der Waals surface area contributed by atoms with Crippen molar-refractivity contribution in [3.8, 4) is 22.6 Å². The number of likely N-dealkylation sites (N-methyl/N-ethyl adjacent to an activating group) is 1. The number of aromatic hydroxyl groups is 2. The molecule has 348 valence electrons. The first kappa shape index (κ1) is 52.4. The molecule has 0 aliphatic carbocycles. The molecule has 0 unspecified atom stereocenters. The number of hydrogen-bond donors (Lipinski definition) is 4. The summed E-state index contributed by atoms with van der Waals surface area (Å²) in [5.41, 5.74) is 7.02. The van der Waals surface area contributed by atoms with Gasteiger partial charge in [-0.2, -0.15) is 0 Å². The van der Waals surface area contributed by atoms with E-state index in [9.17, 15) is 43.8 Å². The summed E-state index contributed by atoms with van der Waals surface area (Å²) >= 11 is 0. The molecule has 4 bridgehead atoms. The Morgan fingerprint density at radius 2 is 1.43 bits per heavy atom. The molecule has 1 aliphatic rings. The van der Waals surface area contributed by atoms with E-state index in [4.69, 9.17) is 10.5 Å². The summed E-state index contributed by atoms with van der Waals surface area (Å²) in [7, 11) is 1.51. The van der Waals surface area contributed by atoms with Gasteiger partial charge in [-0.3, -0.25) is 33.6 Å². The topological polar surface area (TPSA) is 210 Å². The Morgan fingerprint density at radius 1 is 0.825 bits per heavy atom. The van der Waals surface area contributed by atoms with E-state index < -0.39 is 71.6 Å². The largest absolute Gasteiger partial charge is 0.507 e. The lowest BCUT2D eigenvalue weighted by atomic mass is 9.87. The van der Waals surface area contributed by atoms with Gasteiger partial charge in [-0.05, 0) is 67.6 Å². The average Bonchev–Trinajstić information content (AvgIpc) is 3.24. The van der Waals surface area contributed by atoms with Crippen molar-refractivity contribution >= 4 is 40.9 Å². The molecule has 0 saturated heterocycles. The van der Waals surface area contributed by atoms with Gasteiger partial charge in [0.15, 0.2) is 17.3 Å². The molecule has 0 fully saturated rings. The Hall–Kier alpha value is -4.91. The number of hydrogen-bond acceptors (Lipinski definition) is 11. The smallest absolute Gasteiger partial charge is 0.303 e. The summed E-state index contributed by atoms with van der Waals surface area (Å²) in [6.45, 7) is 6.40. The van der Waals surface area contributed by atoms with Gasteiger partial charge in [-0.1, -0.05) is 104 Å². The number of esters is 1. The molecule has 0 aromatic heterocycles. The molecule has 13 nitrogen and oxygen atoms in total. The molecule has 63 heavy (non-hydrogen) atoms. The molecule has 2 amide bonds. The van der Waals surface area contributed by atoms with E-state index >= 15 is 0 Å². The van der Waals surface area contributed by atoms with Crippen molar-refractivity contribution in [2.75, 3.05) is 20.2 Å². The van der Waals surface area contributed by atoms with Crippen molar-refractivity contribution in [3.63, 3.8) is 0 Å². The van der Waals surface area contributed by atoms with Crippen LogP contribution in [0.2, 0.25) is 0 Å². The lowest BCUT2D eigenvalue weighted by molar-refractivity contribution is -0.147. The number of Topliss-reactive ketones (excluding diaryl/α,β-unsaturated/α-hetero) is 4.